The van der Waals surface area contributed by atoms with Crippen LogP contribution in [0.3, 0.4) is 0 Å². The van der Waals surface area contributed by atoms with E-state index >= 15 is 0 Å². The van der Waals surface area contributed by atoms with Gasteiger partial charge in [0.15, 0.2) is 5.78 Å². The Kier molecular flexibility index (Phi) is 4.41. The number of ether oxygens (including phenoxy) is 2. The number of aromatic hydroxyl groups is 3. The zero-order valence-electron chi connectivity index (χ0n) is 14.5. The van der Waals surface area contributed by atoms with Crippen molar-refractivity contribution in [1.29, 1.82) is 0 Å². The lowest BCUT2D eigenvalue weighted by molar-refractivity contribution is -0.0583. The summed E-state index contributed by atoms with van der Waals surface area (Å²) in [5.74, 6) is -0.631. The number of phenolic OH excluding ortho intramolecular Hbond substituents is 3. The molecule has 0 bridgehead atoms. The van der Waals surface area contributed by atoms with Crippen molar-refractivity contribution in [2.24, 2.45) is 0 Å². The molecule has 2 aromatic rings. The van der Waals surface area contributed by atoms with E-state index in [4.69, 9.17) is 9.47 Å². The zero-order valence-corrected chi connectivity index (χ0v) is 14.5. The summed E-state index contributed by atoms with van der Waals surface area (Å²) >= 11 is 0. The number of aliphatic hydroxyl groups is 1. The van der Waals surface area contributed by atoms with E-state index in [-0.39, 0.29) is 52.9 Å². The topological polar surface area (TPSA) is 116 Å². The molecule has 7 nitrogen and oxygen atoms in total. The summed E-state index contributed by atoms with van der Waals surface area (Å²) < 4.78 is 11.4. The minimum Gasteiger partial charge on any atom is -0.508 e. The number of hydrogen-bond acceptors (Lipinski definition) is 7. The molecular formula is C20H20O7. The van der Waals surface area contributed by atoms with Crippen molar-refractivity contribution in [3.63, 3.8) is 0 Å². The SMILES string of the molecule is O=C1CC(c2ccc(O)cc2)Oc2cc(O)c(C3CC[C@H](O)CO3)c(O)c21. The van der Waals surface area contributed by atoms with Gasteiger partial charge in [-0.25, -0.2) is 0 Å². The Labute approximate surface area is 155 Å². The van der Waals surface area contributed by atoms with Crippen LogP contribution >= 0.6 is 0 Å². The second-order valence-corrected chi connectivity index (χ2v) is 6.91. The minimum atomic E-state index is -0.596. The average Bonchev–Trinajstić information content (AvgIpc) is 2.63. The van der Waals surface area contributed by atoms with Crippen LogP contribution in [0.4, 0.5) is 0 Å². The maximum Gasteiger partial charge on any atom is 0.174 e. The van der Waals surface area contributed by atoms with E-state index in [1.807, 2.05) is 0 Å². The van der Waals surface area contributed by atoms with Crippen molar-refractivity contribution in [2.45, 2.75) is 37.6 Å². The summed E-state index contributed by atoms with van der Waals surface area (Å²) in [5, 5.41) is 40.0. The van der Waals surface area contributed by atoms with E-state index in [1.54, 1.807) is 12.1 Å². The quantitative estimate of drug-likeness (QED) is 0.640. The Bertz CT molecular complexity index is 867. The molecule has 2 heterocycles. The minimum absolute atomic E-state index is 0.0276. The molecule has 0 aromatic heterocycles. The maximum absolute atomic E-state index is 12.7. The number of carbonyl (C=O) groups is 1. The predicted molar refractivity (Wildman–Crippen MR) is 94.1 cm³/mol. The fraction of sp³-hybridized carbons (Fsp3) is 0.350. The number of fused-ring (bicyclic) bond motifs is 1. The Morgan fingerprint density at radius 2 is 1.74 bits per heavy atom. The number of phenols is 3. The van der Waals surface area contributed by atoms with Crippen molar-refractivity contribution >= 4 is 5.78 Å². The van der Waals surface area contributed by atoms with Crippen LogP contribution < -0.4 is 4.74 Å². The normalized spacial score (nSPS) is 24.9. The predicted octanol–water partition coefficient (Wildman–Crippen LogP) is 2.72. The molecule has 0 saturated carbocycles. The largest absolute Gasteiger partial charge is 0.508 e. The first-order valence-electron chi connectivity index (χ1n) is 8.81. The summed E-state index contributed by atoms with van der Waals surface area (Å²) in [4.78, 5) is 12.7. The fourth-order valence-corrected chi connectivity index (χ4v) is 3.63. The lowest BCUT2D eigenvalue weighted by atomic mass is 9.90. The van der Waals surface area contributed by atoms with E-state index in [0.29, 0.717) is 18.4 Å². The highest BCUT2D eigenvalue weighted by Crippen LogP contribution is 2.48. The van der Waals surface area contributed by atoms with E-state index in [2.05, 4.69) is 0 Å². The van der Waals surface area contributed by atoms with Crippen molar-refractivity contribution in [2.75, 3.05) is 6.61 Å². The molecule has 2 aliphatic heterocycles. The van der Waals surface area contributed by atoms with Gasteiger partial charge < -0.3 is 29.9 Å². The van der Waals surface area contributed by atoms with E-state index in [0.717, 1.165) is 0 Å². The van der Waals surface area contributed by atoms with Crippen LogP contribution in [0.1, 0.15) is 53.0 Å². The van der Waals surface area contributed by atoms with E-state index < -0.39 is 18.3 Å². The molecule has 2 unspecified atom stereocenters. The molecule has 4 N–H and O–H groups in total. The fourth-order valence-electron chi connectivity index (χ4n) is 3.63. The van der Waals surface area contributed by atoms with Gasteiger partial charge in [0.1, 0.15) is 34.7 Å². The average molecular weight is 372 g/mol. The molecule has 2 aliphatic rings. The van der Waals surface area contributed by atoms with Gasteiger partial charge in [0.2, 0.25) is 0 Å². The third kappa shape index (κ3) is 3.20. The second kappa shape index (κ2) is 6.75. The summed E-state index contributed by atoms with van der Waals surface area (Å²) in [6, 6.07) is 7.65. The van der Waals surface area contributed by atoms with Crippen LogP contribution in [-0.2, 0) is 4.74 Å². The number of benzene rings is 2. The van der Waals surface area contributed by atoms with Gasteiger partial charge in [-0.05, 0) is 30.5 Å². The Morgan fingerprint density at radius 3 is 2.41 bits per heavy atom. The Morgan fingerprint density at radius 1 is 1.00 bits per heavy atom. The molecule has 0 radical (unpaired) electrons. The van der Waals surface area contributed by atoms with Crippen molar-refractivity contribution in [1.82, 2.24) is 0 Å². The highest BCUT2D eigenvalue weighted by atomic mass is 16.5. The van der Waals surface area contributed by atoms with Crippen LogP contribution in [0.25, 0.3) is 0 Å². The molecule has 0 spiro atoms. The monoisotopic (exact) mass is 372 g/mol. The van der Waals surface area contributed by atoms with Gasteiger partial charge in [-0.3, -0.25) is 4.79 Å². The summed E-state index contributed by atoms with van der Waals surface area (Å²) in [5.41, 5.74) is 0.896. The Hall–Kier alpha value is -2.77. The number of ketones is 1. The van der Waals surface area contributed by atoms with Gasteiger partial charge in [-0.15, -0.1) is 0 Å². The van der Waals surface area contributed by atoms with Gasteiger partial charge in [0, 0.05) is 6.07 Å². The van der Waals surface area contributed by atoms with Crippen LogP contribution in [0.5, 0.6) is 23.0 Å². The first-order chi connectivity index (χ1) is 12.9. The summed E-state index contributed by atoms with van der Waals surface area (Å²) in [7, 11) is 0. The number of hydrogen-bond donors (Lipinski definition) is 4. The first-order valence-corrected chi connectivity index (χ1v) is 8.81. The molecular weight excluding hydrogens is 352 g/mol. The highest BCUT2D eigenvalue weighted by molar-refractivity contribution is 6.03. The van der Waals surface area contributed by atoms with Crippen LogP contribution in [0.15, 0.2) is 30.3 Å². The standard InChI is InChI=1S/C20H20O7/c21-11-3-1-10(2-4-11)16-7-13(23)19-17(27-16)8-14(24)18(20(19)25)15-6-5-12(22)9-26-15/h1-4,8,12,15-16,21-22,24-25H,5-7,9H2/t12-,15?,16?/m0/s1. The van der Waals surface area contributed by atoms with Crippen molar-refractivity contribution < 1.29 is 34.7 Å². The number of aliphatic hydroxyl groups excluding tert-OH is 1. The molecule has 1 fully saturated rings. The van der Waals surface area contributed by atoms with Gasteiger partial charge >= 0.3 is 0 Å². The second-order valence-electron chi connectivity index (χ2n) is 6.91. The number of rotatable bonds is 2. The van der Waals surface area contributed by atoms with E-state index in [1.165, 1.54) is 18.2 Å². The maximum atomic E-state index is 12.7. The van der Waals surface area contributed by atoms with Gasteiger partial charge in [-0.2, -0.15) is 0 Å². The molecule has 0 aliphatic carbocycles. The molecule has 2 aromatic carbocycles. The van der Waals surface area contributed by atoms with E-state index in [9.17, 15) is 25.2 Å². The molecule has 7 heteroatoms. The molecule has 142 valence electrons. The third-order valence-electron chi connectivity index (χ3n) is 5.04. The van der Waals surface area contributed by atoms with Gasteiger partial charge in [-0.1, -0.05) is 12.1 Å². The molecule has 4 rings (SSSR count). The third-order valence-corrected chi connectivity index (χ3v) is 5.04. The molecule has 3 atom stereocenters. The van der Waals surface area contributed by atoms with Gasteiger partial charge in [0.25, 0.3) is 0 Å². The lowest BCUT2D eigenvalue weighted by Gasteiger charge is -2.30. The molecule has 1 saturated heterocycles. The lowest BCUT2D eigenvalue weighted by Crippen LogP contribution is -2.25. The molecule has 0 amide bonds. The van der Waals surface area contributed by atoms with Crippen LogP contribution in [0, 0.1) is 0 Å². The van der Waals surface area contributed by atoms with Crippen molar-refractivity contribution in [3.05, 3.63) is 47.0 Å². The summed E-state index contributed by atoms with van der Waals surface area (Å²) in [6.45, 7) is 0.105. The van der Waals surface area contributed by atoms with Gasteiger partial charge in [0.05, 0.1) is 30.8 Å². The Balaban J connectivity index is 1.68. The molecule has 27 heavy (non-hydrogen) atoms. The smallest absolute Gasteiger partial charge is 0.174 e. The number of carbonyl (C=O) groups excluding carboxylic acids is 1. The van der Waals surface area contributed by atoms with Crippen molar-refractivity contribution in [3.8, 4) is 23.0 Å². The first kappa shape index (κ1) is 17.6. The van der Waals surface area contributed by atoms with Crippen LogP contribution in [-0.4, -0.2) is 38.9 Å². The zero-order chi connectivity index (χ0) is 19.1. The number of Topliss-reactive ketones (excluding diaryl/α,β-unsaturated/α-hetero) is 1. The highest BCUT2D eigenvalue weighted by Gasteiger charge is 2.35. The van der Waals surface area contributed by atoms with Crippen LogP contribution in [0.2, 0.25) is 0 Å². The summed E-state index contributed by atoms with van der Waals surface area (Å²) in [6.07, 6.45) is -0.808.